The summed E-state index contributed by atoms with van der Waals surface area (Å²) in [5.41, 5.74) is 5.10. The maximum atomic E-state index is 13.5. The number of fused-ring (bicyclic) bond motifs is 4. The van der Waals surface area contributed by atoms with Crippen molar-refractivity contribution in [1.82, 2.24) is 4.98 Å². The number of ether oxygens (including phenoxy) is 1. The molecule has 0 saturated heterocycles. The van der Waals surface area contributed by atoms with Gasteiger partial charge in [0.2, 0.25) is 0 Å². The van der Waals surface area contributed by atoms with Gasteiger partial charge in [0, 0.05) is 32.9 Å². The Hall–Kier alpha value is -1.22. The second-order valence-corrected chi connectivity index (χ2v) is 21.3. The molecule has 1 aromatic heterocycles. The summed E-state index contributed by atoms with van der Waals surface area (Å²) in [6.07, 6.45) is 0.764. The minimum Gasteiger partial charge on any atom is -0.410 e. The lowest BCUT2D eigenvalue weighted by atomic mass is 9.68. The van der Waals surface area contributed by atoms with Crippen LogP contribution >= 0.6 is 15.9 Å². The lowest BCUT2D eigenvalue weighted by Crippen LogP contribution is -2.45. The SMILES string of the molecule is CC(C)c1nc2c(c3c1[C@@H](c1ccc(C(F)(F)F)cc1)OC31CCCCC1Br)C(O[Si](C)(C)C(C)(C)C)CC(C)(C)C2. The largest absolute Gasteiger partial charge is 0.416 e. The molecule has 1 spiro atoms. The van der Waals surface area contributed by atoms with Crippen molar-refractivity contribution >= 4 is 24.2 Å². The highest BCUT2D eigenvalue weighted by molar-refractivity contribution is 9.09. The minimum atomic E-state index is -4.39. The summed E-state index contributed by atoms with van der Waals surface area (Å²) in [5.74, 6) is 0.127. The quantitative estimate of drug-likeness (QED) is 0.240. The van der Waals surface area contributed by atoms with Gasteiger partial charge < -0.3 is 9.16 Å². The Morgan fingerprint density at radius 3 is 2.24 bits per heavy atom. The van der Waals surface area contributed by atoms with Crippen LogP contribution < -0.4 is 0 Å². The third kappa shape index (κ3) is 5.56. The van der Waals surface area contributed by atoms with E-state index in [4.69, 9.17) is 14.1 Å². The number of pyridine rings is 1. The molecule has 2 aliphatic carbocycles. The Morgan fingerprint density at radius 1 is 1.05 bits per heavy atom. The Bertz CT molecular complexity index is 1330. The number of nitrogens with zero attached hydrogens (tertiary/aromatic N) is 1. The zero-order valence-corrected chi connectivity index (χ0v) is 29.2. The van der Waals surface area contributed by atoms with E-state index < -0.39 is 31.8 Å². The van der Waals surface area contributed by atoms with Gasteiger partial charge in [-0.2, -0.15) is 13.2 Å². The number of hydrogen-bond acceptors (Lipinski definition) is 3. The molecular formula is C34H47BrF3NO2Si. The van der Waals surface area contributed by atoms with Gasteiger partial charge in [-0.3, -0.25) is 4.98 Å². The molecule has 1 saturated carbocycles. The summed E-state index contributed by atoms with van der Waals surface area (Å²) < 4.78 is 55.0. The van der Waals surface area contributed by atoms with Crippen LogP contribution in [0.3, 0.4) is 0 Å². The number of rotatable bonds is 4. The average molecular weight is 667 g/mol. The summed E-state index contributed by atoms with van der Waals surface area (Å²) in [6, 6.07) is 5.56. The van der Waals surface area contributed by atoms with E-state index in [1.54, 1.807) is 12.1 Å². The second-order valence-electron chi connectivity index (χ2n) is 15.4. The van der Waals surface area contributed by atoms with Gasteiger partial charge in [0.15, 0.2) is 8.32 Å². The van der Waals surface area contributed by atoms with Crippen molar-refractivity contribution in [2.24, 2.45) is 5.41 Å². The van der Waals surface area contributed by atoms with Crippen LogP contribution in [0.15, 0.2) is 24.3 Å². The molecule has 3 nitrogen and oxygen atoms in total. The Balaban J connectivity index is 1.79. The fraction of sp³-hybridized carbons (Fsp3) is 0.676. The molecule has 3 aliphatic rings. The van der Waals surface area contributed by atoms with Crippen LogP contribution in [0.1, 0.15) is 138 Å². The summed E-state index contributed by atoms with van der Waals surface area (Å²) in [5, 5.41) is 0.0446. The molecule has 0 bridgehead atoms. The van der Waals surface area contributed by atoms with E-state index in [2.05, 4.69) is 77.5 Å². The van der Waals surface area contributed by atoms with Crippen molar-refractivity contribution < 1.29 is 22.3 Å². The number of aromatic nitrogens is 1. The normalized spacial score (nSPS) is 27.8. The first-order valence-corrected chi connectivity index (χ1v) is 19.3. The molecule has 1 fully saturated rings. The van der Waals surface area contributed by atoms with Gasteiger partial charge in [-0.1, -0.05) is 89.4 Å². The van der Waals surface area contributed by atoms with Gasteiger partial charge in [0.25, 0.3) is 0 Å². The van der Waals surface area contributed by atoms with Crippen LogP contribution in [0.25, 0.3) is 0 Å². The first kappa shape index (κ1) is 32.2. The fourth-order valence-corrected chi connectivity index (χ4v) is 9.17. The van der Waals surface area contributed by atoms with Crippen LogP contribution in [0, 0.1) is 5.41 Å². The van der Waals surface area contributed by atoms with Gasteiger partial charge in [-0.15, -0.1) is 0 Å². The lowest BCUT2D eigenvalue weighted by Gasteiger charge is -2.47. The van der Waals surface area contributed by atoms with Crippen molar-refractivity contribution in [2.75, 3.05) is 0 Å². The number of hydrogen-bond donors (Lipinski definition) is 0. The van der Waals surface area contributed by atoms with E-state index in [9.17, 15) is 13.2 Å². The van der Waals surface area contributed by atoms with Crippen LogP contribution in [0.2, 0.25) is 18.1 Å². The molecule has 5 rings (SSSR count). The minimum absolute atomic E-state index is 0.0232. The lowest BCUT2D eigenvalue weighted by molar-refractivity contribution is -0.137. The number of alkyl halides is 4. The van der Waals surface area contributed by atoms with Crippen molar-refractivity contribution in [2.45, 2.75) is 140 Å². The van der Waals surface area contributed by atoms with Crippen molar-refractivity contribution in [3.63, 3.8) is 0 Å². The van der Waals surface area contributed by atoms with Crippen LogP contribution in [-0.2, 0) is 27.4 Å². The number of benzene rings is 1. The molecule has 0 N–H and O–H groups in total. The topological polar surface area (TPSA) is 31.4 Å². The van der Waals surface area contributed by atoms with E-state index in [0.717, 1.165) is 61.0 Å². The zero-order valence-electron chi connectivity index (χ0n) is 26.6. The molecule has 42 heavy (non-hydrogen) atoms. The fourth-order valence-electron chi connectivity index (χ4n) is 7.01. The summed E-state index contributed by atoms with van der Waals surface area (Å²) in [6.45, 7) is 20.4. The third-order valence-electron chi connectivity index (χ3n) is 10.2. The third-order valence-corrected chi connectivity index (χ3v) is 15.9. The summed E-state index contributed by atoms with van der Waals surface area (Å²) in [4.78, 5) is 5.51. The van der Waals surface area contributed by atoms with Crippen LogP contribution in [0.5, 0.6) is 0 Å². The van der Waals surface area contributed by atoms with E-state index in [0.29, 0.717) is 0 Å². The summed E-state index contributed by atoms with van der Waals surface area (Å²) >= 11 is 4.08. The van der Waals surface area contributed by atoms with E-state index >= 15 is 0 Å². The van der Waals surface area contributed by atoms with E-state index in [-0.39, 0.29) is 27.3 Å². The predicted octanol–water partition coefficient (Wildman–Crippen LogP) is 10.9. The van der Waals surface area contributed by atoms with Crippen LogP contribution in [-0.4, -0.2) is 18.1 Å². The smallest absolute Gasteiger partial charge is 0.410 e. The van der Waals surface area contributed by atoms with Gasteiger partial charge in [-0.05, 0) is 72.8 Å². The summed E-state index contributed by atoms with van der Waals surface area (Å²) in [7, 11) is -2.16. The molecule has 4 atom stereocenters. The molecule has 232 valence electrons. The first-order valence-electron chi connectivity index (χ1n) is 15.5. The monoisotopic (exact) mass is 665 g/mol. The highest BCUT2D eigenvalue weighted by atomic mass is 79.9. The molecule has 1 aromatic carbocycles. The standard InChI is InChI=1S/C34H47BrF3NO2Si/c1-20(2)29-27-28(26-23(39-29)18-32(6,7)19-24(26)41-42(8,9)31(3,4)5)33(17-11-10-12-25(33)35)40-30(27)21-13-15-22(16-14-21)34(36,37)38/h13-16,20,24-25,30H,10-12,17-19H2,1-9H3/t24?,25?,30-,33?/m1/s1. The molecular weight excluding hydrogens is 619 g/mol. The predicted molar refractivity (Wildman–Crippen MR) is 169 cm³/mol. The van der Waals surface area contributed by atoms with Crippen molar-refractivity contribution in [1.29, 1.82) is 0 Å². The van der Waals surface area contributed by atoms with Gasteiger partial charge in [-0.25, -0.2) is 0 Å². The zero-order chi connectivity index (χ0) is 31.0. The Labute approximate surface area is 259 Å². The maximum Gasteiger partial charge on any atom is 0.416 e. The molecule has 2 heterocycles. The van der Waals surface area contributed by atoms with Crippen molar-refractivity contribution in [3.05, 3.63) is 63.5 Å². The molecule has 0 amide bonds. The first-order chi connectivity index (χ1) is 19.3. The van der Waals surface area contributed by atoms with Gasteiger partial charge in [0.1, 0.15) is 11.7 Å². The second kappa shape index (κ2) is 10.7. The highest BCUT2D eigenvalue weighted by Gasteiger charge is 2.56. The number of halogens is 4. The van der Waals surface area contributed by atoms with E-state index in [1.807, 2.05) is 0 Å². The molecule has 8 heteroatoms. The van der Waals surface area contributed by atoms with Crippen LogP contribution in [0.4, 0.5) is 13.2 Å². The Morgan fingerprint density at radius 2 is 1.69 bits per heavy atom. The van der Waals surface area contributed by atoms with Gasteiger partial charge in [0.05, 0.1) is 11.7 Å². The Kier molecular flexibility index (Phi) is 8.20. The molecule has 1 aliphatic heterocycles. The maximum absolute atomic E-state index is 13.5. The average Bonchev–Trinajstić information content (AvgIpc) is 3.18. The molecule has 3 unspecified atom stereocenters. The van der Waals surface area contributed by atoms with Crippen molar-refractivity contribution in [3.8, 4) is 0 Å². The van der Waals surface area contributed by atoms with Gasteiger partial charge >= 0.3 is 6.18 Å². The van der Waals surface area contributed by atoms with E-state index in [1.165, 1.54) is 23.3 Å². The molecule has 2 aromatic rings. The highest BCUT2D eigenvalue weighted by Crippen LogP contribution is 2.61. The molecule has 0 radical (unpaired) electrons.